The van der Waals surface area contributed by atoms with Crippen LogP contribution in [0.15, 0.2) is 36.7 Å². The van der Waals surface area contributed by atoms with E-state index < -0.39 is 0 Å². The number of anilines is 1. The molecule has 0 saturated carbocycles. The highest BCUT2D eigenvalue weighted by atomic mass is 127. The molecule has 3 rings (SSSR count). The number of nitrogens with zero attached hydrogens (tertiary/aromatic N) is 1. The van der Waals surface area contributed by atoms with Crippen LogP contribution in [0.4, 0.5) is 10.1 Å². The Bertz CT molecular complexity index is 662. The molecule has 1 amide bonds. The Kier molecular flexibility index (Phi) is 2.70. The molecular weight excluding hydrogens is 346 g/mol. The maximum absolute atomic E-state index is 13.6. The predicted molar refractivity (Wildman–Crippen MR) is 76.3 cm³/mol. The molecule has 0 fully saturated rings. The maximum Gasteiger partial charge on any atom is 0.257 e. The Labute approximate surface area is 116 Å². The molecule has 2 aromatic rings. The summed E-state index contributed by atoms with van der Waals surface area (Å²) in [5, 5.41) is 2.74. The van der Waals surface area contributed by atoms with Crippen LogP contribution in [0.5, 0.6) is 0 Å². The number of hydrogen-bond acceptors (Lipinski definition) is 1. The first-order valence-electron chi connectivity index (χ1n) is 5.31. The standard InChI is InChI=1S/C13H8FIN2O/c14-9-3-4-10-11(12(9)15)8(13(18)16-10)7-17-5-1-2-6-17/h1-7H,(H,16,18). The van der Waals surface area contributed by atoms with E-state index in [1.165, 1.54) is 6.07 Å². The van der Waals surface area contributed by atoms with Crippen molar-refractivity contribution in [3.63, 3.8) is 0 Å². The molecule has 0 spiro atoms. The van der Waals surface area contributed by atoms with Gasteiger partial charge in [-0.3, -0.25) is 4.79 Å². The van der Waals surface area contributed by atoms with Crippen LogP contribution in [0.1, 0.15) is 5.56 Å². The molecule has 18 heavy (non-hydrogen) atoms. The second-order valence-electron chi connectivity index (χ2n) is 3.91. The van der Waals surface area contributed by atoms with Crippen LogP contribution < -0.4 is 5.32 Å². The van der Waals surface area contributed by atoms with Gasteiger partial charge in [-0.15, -0.1) is 0 Å². The van der Waals surface area contributed by atoms with E-state index >= 15 is 0 Å². The largest absolute Gasteiger partial charge is 0.330 e. The van der Waals surface area contributed by atoms with E-state index in [-0.39, 0.29) is 11.7 Å². The zero-order chi connectivity index (χ0) is 12.7. The minimum absolute atomic E-state index is 0.206. The quantitative estimate of drug-likeness (QED) is 0.620. The molecule has 2 heterocycles. The molecule has 3 nitrogen and oxygen atoms in total. The van der Waals surface area contributed by atoms with Crippen molar-refractivity contribution in [1.29, 1.82) is 0 Å². The summed E-state index contributed by atoms with van der Waals surface area (Å²) in [5.41, 5.74) is 1.77. The summed E-state index contributed by atoms with van der Waals surface area (Å²) in [5.74, 6) is -0.522. The van der Waals surface area contributed by atoms with Crippen molar-refractivity contribution in [1.82, 2.24) is 4.57 Å². The van der Waals surface area contributed by atoms with Gasteiger partial charge in [0.05, 0.1) is 14.8 Å². The van der Waals surface area contributed by atoms with Gasteiger partial charge < -0.3 is 9.88 Å². The van der Waals surface area contributed by atoms with Crippen molar-refractivity contribution in [3.05, 3.63) is 51.6 Å². The fraction of sp³-hybridized carbons (Fsp3) is 0. The van der Waals surface area contributed by atoms with Gasteiger partial charge >= 0.3 is 0 Å². The molecule has 0 aliphatic carbocycles. The molecule has 90 valence electrons. The fourth-order valence-corrected chi connectivity index (χ4v) is 2.69. The van der Waals surface area contributed by atoms with Gasteiger partial charge in [0, 0.05) is 24.2 Å². The number of halogens is 2. The number of aromatic nitrogens is 1. The Morgan fingerprint density at radius 1 is 1.28 bits per heavy atom. The first-order chi connectivity index (χ1) is 8.66. The van der Waals surface area contributed by atoms with E-state index in [2.05, 4.69) is 5.32 Å². The molecule has 0 saturated heterocycles. The summed E-state index contributed by atoms with van der Waals surface area (Å²) < 4.78 is 15.8. The van der Waals surface area contributed by atoms with E-state index in [9.17, 15) is 9.18 Å². The number of carbonyl (C=O) groups is 1. The smallest absolute Gasteiger partial charge is 0.257 e. The lowest BCUT2D eigenvalue weighted by atomic mass is 10.1. The minimum atomic E-state index is -0.316. The van der Waals surface area contributed by atoms with Gasteiger partial charge in [0.15, 0.2) is 0 Å². The zero-order valence-corrected chi connectivity index (χ0v) is 11.3. The number of carbonyl (C=O) groups excluding carboxylic acids is 1. The SMILES string of the molecule is O=C1Nc2ccc(F)c(I)c2C1=Cn1cccc1. The van der Waals surface area contributed by atoms with Crippen molar-refractivity contribution >= 4 is 46.0 Å². The van der Waals surface area contributed by atoms with Gasteiger partial charge in [0.25, 0.3) is 5.91 Å². The molecule has 0 radical (unpaired) electrons. The van der Waals surface area contributed by atoms with Crippen molar-refractivity contribution < 1.29 is 9.18 Å². The predicted octanol–water partition coefficient (Wildman–Crippen LogP) is 3.18. The monoisotopic (exact) mass is 354 g/mol. The third kappa shape index (κ3) is 1.74. The Morgan fingerprint density at radius 3 is 2.72 bits per heavy atom. The third-order valence-electron chi connectivity index (χ3n) is 2.76. The zero-order valence-electron chi connectivity index (χ0n) is 9.15. The van der Waals surface area contributed by atoms with Crippen LogP contribution in [-0.2, 0) is 4.79 Å². The molecule has 1 aliphatic heterocycles. The number of fused-ring (bicyclic) bond motifs is 1. The lowest BCUT2D eigenvalue weighted by Crippen LogP contribution is -2.04. The first kappa shape index (κ1) is 11.5. The van der Waals surface area contributed by atoms with Gasteiger partial charge in [0.1, 0.15) is 5.82 Å². The topological polar surface area (TPSA) is 34.0 Å². The summed E-state index contributed by atoms with van der Waals surface area (Å²) in [6.07, 6.45) is 5.34. The third-order valence-corrected chi connectivity index (χ3v) is 3.82. The number of nitrogens with one attached hydrogen (secondary N) is 1. The van der Waals surface area contributed by atoms with Crippen LogP contribution >= 0.6 is 22.6 Å². The summed E-state index contributed by atoms with van der Waals surface area (Å²) in [6, 6.07) is 6.67. The Hall–Kier alpha value is -1.63. The normalized spacial score (nSPS) is 15.9. The van der Waals surface area contributed by atoms with Crippen molar-refractivity contribution in [2.45, 2.75) is 0 Å². The molecule has 0 unspecified atom stereocenters. The second kappa shape index (κ2) is 4.24. The van der Waals surface area contributed by atoms with E-state index in [0.717, 1.165) is 0 Å². The van der Waals surface area contributed by atoms with Crippen LogP contribution in [0, 0.1) is 9.39 Å². The van der Waals surface area contributed by atoms with Gasteiger partial charge in [-0.05, 0) is 46.9 Å². The highest BCUT2D eigenvalue weighted by molar-refractivity contribution is 14.1. The van der Waals surface area contributed by atoms with Crippen LogP contribution in [0.2, 0.25) is 0 Å². The van der Waals surface area contributed by atoms with E-state index in [4.69, 9.17) is 0 Å². The van der Waals surface area contributed by atoms with Gasteiger partial charge in [-0.1, -0.05) is 0 Å². The van der Waals surface area contributed by atoms with Gasteiger partial charge in [-0.25, -0.2) is 4.39 Å². The van der Waals surface area contributed by atoms with Crippen LogP contribution in [-0.4, -0.2) is 10.5 Å². The average Bonchev–Trinajstić information content (AvgIpc) is 2.94. The van der Waals surface area contributed by atoms with Crippen molar-refractivity contribution in [3.8, 4) is 0 Å². The second-order valence-corrected chi connectivity index (χ2v) is 4.99. The molecular formula is C13H8FIN2O. The lowest BCUT2D eigenvalue weighted by Gasteiger charge is -2.03. The van der Waals surface area contributed by atoms with Crippen molar-refractivity contribution in [2.24, 2.45) is 0 Å². The summed E-state index contributed by atoms with van der Waals surface area (Å²) in [7, 11) is 0. The molecule has 1 N–H and O–H groups in total. The molecule has 5 heteroatoms. The van der Waals surface area contributed by atoms with E-state index in [0.29, 0.717) is 20.4 Å². The van der Waals surface area contributed by atoms with E-state index in [1.807, 2.05) is 47.1 Å². The number of rotatable bonds is 1. The molecule has 1 aliphatic rings. The summed E-state index contributed by atoms with van der Waals surface area (Å²) in [4.78, 5) is 11.9. The lowest BCUT2D eigenvalue weighted by molar-refractivity contribution is -0.110. The van der Waals surface area contributed by atoms with Crippen LogP contribution in [0.25, 0.3) is 11.8 Å². The Morgan fingerprint density at radius 2 is 2.00 bits per heavy atom. The summed E-state index contributed by atoms with van der Waals surface area (Å²) in [6.45, 7) is 0. The van der Waals surface area contributed by atoms with Gasteiger partial charge in [-0.2, -0.15) is 0 Å². The maximum atomic E-state index is 13.6. The molecule has 1 aromatic heterocycles. The number of amides is 1. The summed E-state index contributed by atoms with van der Waals surface area (Å²) >= 11 is 1.92. The van der Waals surface area contributed by atoms with Gasteiger partial charge in [0.2, 0.25) is 0 Å². The fourth-order valence-electron chi connectivity index (χ4n) is 1.93. The van der Waals surface area contributed by atoms with Crippen LogP contribution in [0.3, 0.4) is 0 Å². The van der Waals surface area contributed by atoms with Crippen molar-refractivity contribution in [2.75, 3.05) is 5.32 Å². The molecule has 1 aromatic carbocycles. The number of benzene rings is 1. The minimum Gasteiger partial charge on any atom is -0.330 e. The number of hydrogen-bond donors (Lipinski definition) is 1. The highest BCUT2D eigenvalue weighted by Crippen LogP contribution is 2.36. The average molecular weight is 354 g/mol. The Balaban J connectivity index is 2.20. The highest BCUT2D eigenvalue weighted by Gasteiger charge is 2.27. The van der Waals surface area contributed by atoms with E-state index in [1.54, 1.807) is 16.8 Å². The molecule has 0 atom stereocenters. The molecule has 0 bridgehead atoms. The first-order valence-corrected chi connectivity index (χ1v) is 6.38.